The Hall–Kier alpha value is -4.33. The number of alkyl carbamates (subject to hydrolysis) is 1. The number of amides is 1. The first-order chi connectivity index (χ1) is 18.6. The van der Waals surface area contributed by atoms with Crippen molar-refractivity contribution in [3.8, 4) is 5.75 Å². The standard InChI is InChI=1S/C31H37N3O5/c1-31(2,3)39-30(36)33-27(29(35)38-22-24-14-10-7-11-15-24)19-25-16-17-28(26(18-25)20-32-34(4)5)37-21-23-12-8-6-9-13-23/h6-18,20,27H,19,21-22H2,1-5H3,(H,33,36)/b32-20+. The predicted molar refractivity (Wildman–Crippen MR) is 152 cm³/mol. The Morgan fingerprint density at radius 1 is 0.897 bits per heavy atom. The van der Waals surface area contributed by atoms with Gasteiger partial charge in [-0.1, -0.05) is 66.7 Å². The lowest BCUT2D eigenvalue weighted by Crippen LogP contribution is -2.45. The number of nitrogens with one attached hydrogen (secondary N) is 1. The van der Waals surface area contributed by atoms with Crippen LogP contribution < -0.4 is 10.1 Å². The van der Waals surface area contributed by atoms with Crippen LogP contribution in [0.5, 0.6) is 5.75 Å². The molecule has 8 heteroatoms. The number of hydrogen-bond donors (Lipinski definition) is 1. The minimum atomic E-state index is -0.960. The molecule has 39 heavy (non-hydrogen) atoms. The summed E-state index contributed by atoms with van der Waals surface area (Å²) < 4.78 is 17.0. The van der Waals surface area contributed by atoms with Gasteiger partial charge in [-0.05, 0) is 49.6 Å². The van der Waals surface area contributed by atoms with Crippen molar-refractivity contribution in [2.45, 2.75) is 52.0 Å². The summed E-state index contributed by atoms with van der Waals surface area (Å²) in [6.07, 6.45) is 1.20. The molecule has 3 aromatic rings. The molecule has 3 aromatic carbocycles. The van der Waals surface area contributed by atoms with Gasteiger partial charge in [0.05, 0.1) is 6.21 Å². The van der Waals surface area contributed by atoms with Crippen LogP contribution in [0, 0.1) is 0 Å². The number of carbonyl (C=O) groups excluding carboxylic acids is 2. The van der Waals surface area contributed by atoms with Crippen LogP contribution in [-0.2, 0) is 33.9 Å². The normalized spacial score (nSPS) is 12.0. The van der Waals surface area contributed by atoms with Crippen LogP contribution in [-0.4, -0.2) is 49.0 Å². The van der Waals surface area contributed by atoms with E-state index in [1.807, 2.05) is 93.0 Å². The van der Waals surface area contributed by atoms with Gasteiger partial charge in [0.25, 0.3) is 0 Å². The van der Waals surface area contributed by atoms with Gasteiger partial charge in [-0.25, -0.2) is 9.59 Å². The van der Waals surface area contributed by atoms with E-state index in [-0.39, 0.29) is 13.0 Å². The van der Waals surface area contributed by atoms with Crippen molar-refractivity contribution < 1.29 is 23.8 Å². The van der Waals surface area contributed by atoms with E-state index in [1.165, 1.54) is 0 Å². The maximum atomic E-state index is 13.1. The van der Waals surface area contributed by atoms with Crippen molar-refractivity contribution in [3.63, 3.8) is 0 Å². The molecule has 0 saturated carbocycles. The highest BCUT2D eigenvalue weighted by atomic mass is 16.6. The molecule has 1 N–H and O–H groups in total. The molecule has 0 fully saturated rings. The van der Waals surface area contributed by atoms with Crippen LogP contribution in [0.25, 0.3) is 0 Å². The van der Waals surface area contributed by atoms with Gasteiger partial charge in [-0.2, -0.15) is 5.10 Å². The number of rotatable bonds is 11. The zero-order valence-corrected chi connectivity index (χ0v) is 23.2. The molecule has 0 aromatic heterocycles. The highest BCUT2D eigenvalue weighted by molar-refractivity contribution is 5.84. The van der Waals surface area contributed by atoms with Crippen molar-refractivity contribution in [3.05, 3.63) is 101 Å². The summed E-state index contributed by atoms with van der Waals surface area (Å²) in [6.45, 7) is 5.79. The second kappa shape index (κ2) is 14.0. The molecule has 8 nitrogen and oxygen atoms in total. The molecular formula is C31H37N3O5. The van der Waals surface area contributed by atoms with Gasteiger partial charge in [0.1, 0.15) is 30.6 Å². The van der Waals surface area contributed by atoms with Gasteiger partial charge in [-0.15, -0.1) is 0 Å². The lowest BCUT2D eigenvalue weighted by Gasteiger charge is -2.23. The van der Waals surface area contributed by atoms with Crippen LogP contribution in [0.4, 0.5) is 4.79 Å². The number of nitrogens with zero attached hydrogens (tertiary/aromatic N) is 2. The average molecular weight is 532 g/mol. The summed E-state index contributed by atoms with van der Waals surface area (Å²) in [5.74, 6) is 0.0918. The lowest BCUT2D eigenvalue weighted by atomic mass is 10.0. The SMILES string of the molecule is CN(C)/N=C/c1cc(CC(NC(=O)OC(C)(C)C)C(=O)OCc2ccccc2)ccc1OCc1ccccc1. The summed E-state index contributed by atoms with van der Waals surface area (Å²) in [6, 6.07) is 23.9. The number of hydrazone groups is 1. The van der Waals surface area contributed by atoms with Gasteiger partial charge in [0.15, 0.2) is 0 Å². The van der Waals surface area contributed by atoms with Gasteiger partial charge < -0.3 is 24.5 Å². The van der Waals surface area contributed by atoms with E-state index in [2.05, 4.69) is 10.4 Å². The summed E-state index contributed by atoms with van der Waals surface area (Å²) in [5.41, 5.74) is 2.71. The lowest BCUT2D eigenvalue weighted by molar-refractivity contribution is -0.147. The predicted octanol–water partition coefficient (Wildman–Crippen LogP) is 5.34. The largest absolute Gasteiger partial charge is 0.488 e. The monoisotopic (exact) mass is 531 g/mol. The van der Waals surface area contributed by atoms with Gasteiger partial charge in [0.2, 0.25) is 0 Å². The van der Waals surface area contributed by atoms with E-state index in [0.29, 0.717) is 12.4 Å². The second-order valence-corrected chi connectivity index (χ2v) is 10.2. The van der Waals surface area contributed by atoms with E-state index in [1.54, 1.807) is 32.0 Å². The number of carbonyl (C=O) groups is 2. The fraction of sp³-hybridized carbons (Fsp3) is 0.323. The molecule has 0 radical (unpaired) electrons. The Morgan fingerprint density at radius 2 is 1.51 bits per heavy atom. The Kier molecular flexibility index (Phi) is 10.5. The van der Waals surface area contributed by atoms with Crippen molar-refractivity contribution >= 4 is 18.3 Å². The molecule has 1 unspecified atom stereocenters. The first-order valence-electron chi connectivity index (χ1n) is 12.8. The minimum Gasteiger partial charge on any atom is -0.488 e. The Labute approximate surface area is 230 Å². The van der Waals surface area contributed by atoms with Gasteiger partial charge in [0, 0.05) is 26.1 Å². The fourth-order valence-electron chi connectivity index (χ4n) is 3.58. The maximum Gasteiger partial charge on any atom is 0.408 e. The highest BCUT2D eigenvalue weighted by Gasteiger charge is 2.26. The molecule has 0 bridgehead atoms. The molecule has 0 saturated heterocycles. The minimum absolute atomic E-state index is 0.0964. The van der Waals surface area contributed by atoms with Crippen LogP contribution in [0.2, 0.25) is 0 Å². The van der Waals surface area contributed by atoms with Crippen LogP contribution in [0.3, 0.4) is 0 Å². The third-order valence-electron chi connectivity index (χ3n) is 5.38. The number of ether oxygens (including phenoxy) is 3. The fourth-order valence-corrected chi connectivity index (χ4v) is 3.58. The van der Waals surface area contributed by atoms with Gasteiger partial charge >= 0.3 is 12.1 Å². The highest BCUT2D eigenvalue weighted by Crippen LogP contribution is 2.22. The molecule has 0 heterocycles. The Balaban J connectivity index is 1.80. The molecule has 1 amide bonds. The zero-order chi connectivity index (χ0) is 28.3. The summed E-state index contributed by atoms with van der Waals surface area (Å²) in [4.78, 5) is 25.7. The second-order valence-electron chi connectivity index (χ2n) is 10.2. The molecule has 1 atom stereocenters. The van der Waals surface area contributed by atoms with E-state index in [4.69, 9.17) is 14.2 Å². The van der Waals surface area contributed by atoms with E-state index in [0.717, 1.165) is 22.3 Å². The summed E-state index contributed by atoms with van der Waals surface area (Å²) in [7, 11) is 3.66. The number of hydrogen-bond acceptors (Lipinski definition) is 7. The van der Waals surface area contributed by atoms with E-state index >= 15 is 0 Å². The van der Waals surface area contributed by atoms with Crippen molar-refractivity contribution in [1.82, 2.24) is 10.3 Å². The smallest absolute Gasteiger partial charge is 0.408 e. The summed E-state index contributed by atoms with van der Waals surface area (Å²) >= 11 is 0. The number of benzene rings is 3. The van der Waals surface area contributed by atoms with Crippen LogP contribution >= 0.6 is 0 Å². The van der Waals surface area contributed by atoms with Crippen molar-refractivity contribution in [2.75, 3.05) is 14.1 Å². The molecule has 0 spiro atoms. The van der Waals surface area contributed by atoms with Crippen LogP contribution in [0.15, 0.2) is 84.0 Å². The third kappa shape index (κ3) is 10.5. The Bertz CT molecular complexity index is 1240. The topological polar surface area (TPSA) is 89.5 Å². The van der Waals surface area contributed by atoms with Crippen molar-refractivity contribution in [1.29, 1.82) is 0 Å². The third-order valence-corrected chi connectivity index (χ3v) is 5.38. The van der Waals surface area contributed by atoms with Crippen molar-refractivity contribution in [2.24, 2.45) is 5.10 Å². The first-order valence-corrected chi connectivity index (χ1v) is 12.8. The molecule has 0 aliphatic rings. The van der Waals surface area contributed by atoms with Crippen LogP contribution in [0.1, 0.15) is 43.0 Å². The summed E-state index contributed by atoms with van der Waals surface area (Å²) in [5, 5.41) is 8.73. The quantitative estimate of drug-likeness (QED) is 0.204. The van der Waals surface area contributed by atoms with E-state index < -0.39 is 23.7 Å². The number of esters is 1. The zero-order valence-electron chi connectivity index (χ0n) is 23.2. The molecule has 0 aliphatic heterocycles. The van der Waals surface area contributed by atoms with E-state index in [9.17, 15) is 9.59 Å². The molecular weight excluding hydrogens is 494 g/mol. The first kappa shape index (κ1) is 29.2. The molecule has 206 valence electrons. The maximum absolute atomic E-state index is 13.1. The van der Waals surface area contributed by atoms with Gasteiger partial charge in [-0.3, -0.25) is 0 Å². The molecule has 3 rings (SSSR count). The average Bonchev–Trinajstić information content (AvgIpc) is 2.89. The molecule has 0 aliphatic carbocycles. The Morgan fingerprint density at radius 3 is 2.10 bits per heavy atom.